The molecular weight excluding hydrogens is 350 g/mol. The number of sulfonamides is 1. The summed E-state index contributed by atoms with van der Waals surface area (Å²) in [5, 5.41) is 0. The van der Waals surface area contributed by atoms with E-state index in [1.54, 1.807) is 16.4 Å². The Morgan fingerprint density at radius 1 is 0.846 bits per heavy atom. The fourth-order valence-electron chi connectivity index (χ4n) is 3.69. The van der Waals surface area contributed by atoms with Crippen molar-refractivity contribution in [1.29, 1.82) is 0 Å². The van der Waals surface area contributed by atoms with E-state index in [-0.39, 0.29) is 6.04 Å². The van der Waals surface area contributed by atoms with Crippen LogP contribution < -0.4 is 0 Å². The average molecular weight is 373 g/mol. The minimum absolute atomic E-state index is 0.245. The SMILES string of the molecule is O=S(=O)(c1ccc(-c2ccccc2)cc1)N1CCCCC1C1OCCO1. The summed E-state index contributed by atoms with van der Waals surface area (Å²) in [7, 11) is -3.57. The Bertz CT molecular complexity index is 830. The van der Waals surface area contributed by atoms with Crippen LogP contribution in [-0.4, -0.2) is 44.8 Å². The molecule has 0 radical (unpaired) electrons. The largest absolute Gasteiger partial charge is 0.349 e. The van der Waals surface area contributed by atoms with Crippen LogP contribution >= 0.6 is 0 Å². The van der Waals surface area contributed by atoms with Gasteiger partial charge in [-0.1, -0.05) is 48.9 Å². The summed E-state index contributed by atoms with van der Waals surface area (Å²) in [5.41, 5.74) is 2.07. The standard InChI is InChI=1S/C20H23NO4S/c22-26(23,21-13-5-4-8-19(21)20-24-14-15-25-20)18-11-9-17(10-12-18)16-6-2-1-3-7-16/h1-3,6-7,9-12,19-20H,4-5,8,13-15H2. The molecule has 2 aromatic carbocycles. The summed E-state index contributed by atoms with van der Waals surface area (Å²) in [6, 6.07) is 16.8. The molecule has 26 heavy (non-hydrogen) atoms. The van der Waals surface area contributed by atoms with E-state index >= 15 is 0 Å². The lowest BCUT2D eigenvalue weighted by Gasteiger charge is -2.36. The van der Waals surface area contributed by atoms with E-state index in [9.17, 15) is 8.42 Å². The Hall–Kier alpha value is -1.73. The number of nitrogens with zero attached hydrogens (tertiary/aromatic N) is 1. The molecule has 2 heterocycles. The van der Waals surface area contributed by atoms with Gasteiger partial charge in [-0.05, 0) is 36.1 Å². The van der Waals surface area contributed by atoms with Crippen LogP contribution in [0.2, 0.25) is 0 Å². The van der Waals surface area contributed by atoms with Crippen molar-refractivity contribution in [2.24, 2.45) is 0 Å². The second kappa shape index (κ2) is 7.48. The molecule has 0 spiro atoms. The maximum Gasteiger partial charge on any atom is 0.243 e. The van der Waals surface area contributed by atoms with Gasteiger partial charge < -0.3 is 9.47 Å². The molecule has 0 aliphatic carbocycles. The van der Waals surface area contributed by atoms with Gasteiger partial charge in [0.05, 0.1) is 24.2 Å². The number of hydrogen-bond acceptors (Lipinski definition) is 4. The van der Waals surface area contributed by atoms with E-state index in [4.69, 9.17) is 9.47 Å². The van der Waals surface area contributed by atoms with Gasteiger partial charge in [0.25, 0.3) is 0 Å². The number of benzene rings is 2. The molecule has 0 aromatic heterocycles. The van der Waals surface area contributed by atoms with Gasteiger partial charge in [0.1, 0.15) is 0 Å². The van der Waals surface area contributed by atoms with Crippen molar-refractivity contribution >= 4 is 10.0 Å². The first-order valence-corrected chi connectivity index (χ1v) is 10.5. The lowest BCUT2D eigenvalue weighted by molar-refractivity contribution is -0.0913. The number of rotatable bonds is 4. The molecule has 0 saturated carbocycles. The highest BCUT2D eigenvalue weighted by molar-refractivity contribution is 7.89. The monoisotopic (exact) mass is 373 g/mol. The number of ether oxygens (including phenoxy) is 2. The van der Waals surface area contributed by atoms with Gasteiger partial charge in [0, 0.05) is 6.54 Å². The van der Waals surface area contributed by atoms with E-state index in [1.807, 2.05) is 42.5 Å². The van der Waals surface area contributed by atoms with E-state index in [2.05, 4.69) is 0 Å². The summed E-state index contributed by atoms with van der Waals surface area (Å²) in [6.45, 7) is 1.57. The molecule has 2 fully saturated rings. The summed E-state index contributed by atoms with van der Waals surface area (Å²) < 4.78 is 39.2. The minimum Gasteiger partial charge on any atom is -0.349 e. The predicted molar refractivity (Wildman–Crippen MR) is 99.1 cm³/mol. The second-order valence-electron chi connectivity index (χ2n) is 6.68. The Kier molecular flexibility index (Phi) is 5.09. The first kappa shape index (κ1) is 17.7. The van der Waals surface area contributed by atoms with Crippen molar-refractivity contribution < 1.29 is 17.9 Å². The quantitative estimate of drug-likeness (QED) is 0.825. The van der Waals surface area contributed by atoms with Crippen molar-refractivity contribution in [3.8, 4) is 11.1 Å². The minimum atomic E-state index is -3.57. The van der Waals surface area contributed by atoms with Crippen molar-refractivity contribution in [2.45, 2.75) is 36.5 Å². The Morgan fingerprint density at radius 3 is 2.19 bits per heavy atom. The van der Waals surface area contributed by atoms with E-state index < -0.39 is 16.3 Å². The molecule has 1 unspecified atom stereocenters. The van der Waals surface area contributed by atoms with Crippen LogP contribution in [0.3, 0.4) is 0 Å². The topological polar surface area (TPSA) is 55.8 Å². The molecule has 2 aliphatic rings. The van der Waals surface area contributed by atoms with Crippen LogP contribution in [0, 0.1) is 0 Å². The van der Waals surface area contributed by atoms with E-state index in [0.717, 1.165) is 30.4 Å². The third-order valence-electron chi connectivity index (χ3n) is 5.03. The van der Waals surface area contributed by atoms with Gasteiger partial charge in [0.2, 0.25) is 10.0 Å². The van der Waals surface area contributed by atoms with Gasteiger partial charge in [-0.15, -0.1) is 0 Å². The van der Waals surface area contributed by atoms with Crippen molar-refractivity contribution in [3.05, 3.63) is 54.6 Å². The molecule has 5 nitrogen and oxygen atoms in total. The van der Waals surface area contributed by atoms with Gasteiger partial charge >= 0.3 is 0 Å². The lowest BCUT2D eigenvalue weighted by Crippen LogP contribution is -2.50. The zero-order valence-electron chi connectivity index (χ0n) is 14.6. The highest BCUT2D eigenvalue weighted by atomic mass is 32.2. The zero-order valence-corrected chi connectivity index (χ0v) is 15.4. The second-order valence-corrected chi connectivity index (χ2v) is 8.57. The molecule has 0 N–H and O–H groups in total. The maximum atomic E-state index is 13.2. The average Bonchev–Trinajstić information content (AvgIpc) is 3.23. The summed E-state index contributed by atoms with van der Waals surface area (Å²) in [4.78, 5) is 0.321. The molecular formula is C20H23NO4S. The first-order valence-electron chi connectivity index (χ1n) is 9.07. The Balaban J connectivity index is 1.60. The molecule has 0 bridgehead atoms. The molecule has 6 heteroatoms. The molecule has 1 atom stereocenters. The van der Waals surface area contributed by atoms with Crippen molar-refractivity contribution in [1.82, 2.24) is 4.31 Å². The highest BCUT2D eigenvalue weighted by Crippen LogP contribution is 2.30. The summed E-state index contributed by atoms with van der Waals surface area (Å²) in [5.74, 6) is 0. The molecule has 138 valence electrons. The van der Waals surface area contributed by atoms with Gasteiger partial charge in [-0.3, -0.25) is 0 Å². The van der Waals surface area contributed by atoms with Gasteiger partial charge in [-0.2, -0.15) is 4.31 Å². The van der Waals surface area contributed by atoms with Crippen LogP contribution in [0.4, 0.5) is 0 Å². The number of piperidine rings is 1. The van der Waals surface area contributed by atoms with Crippen LogP contribution in [0.15, 0.2) is 59.5 Å². The zero-order chi connectivity index (χ0) is 18.0. The van der Waals surface area contributed by atoms with Gasteiger partial charge in [-0.25, -0.2) is 8.42 Å². The van der Waals surface area contributed by atoms with Gasteiger partial charge in [0.15, 0.2) is 6.29 Å². The van der Waals surface area contributed by atoms with Crippen molar-refractivity contribution in [3.63, 3.8) is 0 Å². The summed E-state index contributed by atoms with van der Waals surface area (Å²) in [6.07, 6.45) is 2.18. The molecule has 2 aromatic rings. The lowest BCUT2D eigenvalue weighted by atomic mass is 10.0. The predicted octanol–water partition coefficient (Wildman–Crippen LogP) is 3.27. The maximum absolute atomic E-state index is 13.2. The van der Waals surface area contributed by atoms with E-state index in [1.165, 1.54) is 0 Å². The normalized spacial score (nSPS) is 22.5. The molecule has 2 aliphatic heterocycles. The van der Waals surface area contributed by atoms with E-state index in [0.29, 0.717) is 24.7 Å². The summed E-state index contributed by atoms with van der Waals surface area (Å²) >= 11 is 0. The van der Waals surface area contributed by atoms with Crippen LogP contribution in [0.1, 0.15) is 19.3 Å². The molecule has 2 saturated heterocycles. The third kappa shape index (κ3) is 3.42. The van der Waals surface area contributed by atoms with Crippen molar-refractivity contribution in [2.75, 3.05) is 19.8 Å². The smallest absolute Gasteiger partial charge is 0.243 e. The van der Waals surface area contributed by atoms with Crippen LogP contribution in [0.25, 0.3) is 11.1 Å². The van der Waals surface area contributed by atoms with Crippen LogP contribution in [0.5, 0.6) is 0 Å². The number of hydrogen-bond donors (Lipinski definition) is 0. The molecule has 4 rings (SSSR count). The van der Waals surface area contributed by atoms with Crippen LogP contribution in [-0.2, 0) is 19.5 Å². The fourth-order valence-corrected chi connectivity index (χ4v) is 5.37. The molecule has 0 amide bonds. The first-order chi connectivity index (χ1) is 12.7. The fraction of sp³-hybridized carbons (Fsp3) is 0.400. The third-order valence-corrected chi connectivity index (χ3v) is 6.97. The Labute approximate surface area is 154 Å². The Morgan fingerprint density at radius 2 is 1.50 bits per heavy atom. The highest BCUT2D eigenvalue weighted by Gasteiger charge is 2.40.